The lowest BCUT2D eigenvalue weighted by molar-refractivity contribution is 0.153. The maximum atomic E-state index is 9.37. The van der Waals surface area contributed by atoms with Crippen LogP contribution in [0.4, 0.5) is 0 Å². The Morgan fingerprint density at radius 2 is 1.86 bits per heavy atom. The summed E-state index contributed by atoms with van der Waals surface area (Å²) in [7, 11) is 0. The molecule has 1 saturated heterocycles. The van der Waals surface area contributed by atoms with Crippen LogP contribution < -0.4 is 4.74 Å². The number of aromatic nitrogens is 1. The number of aliphatic hydroxyl groups is 1. The topological polar surface area (TPSA) is 45.6 Å². The van der Waals surface area contributed by atoms with Crippen LogP contribution >= 0.6 is 0 Å². The Labute approximate surface area is 131 Å². The number of nitrogens with zero attached hydrogens (tertiary/aromatic N) is 2. The average molecular weight is 298 g/mol. The van der Waals surface area contributed by atoms with E-state index in [-0.39, 0.29) is 6.61 Å². The quantitative estimate of drug-likeness (QED) is 0.890. The molecule has 0 amide bonds. The van der Waals surface area contributed by atoms with Crippen molar-refractivity contribution in [2.75, 3.05) is 13.2 Å². The molecule has 1 aliphatic rings. The number of ether oxygens (including phenoxy) is 1. The molecule has 2 heterocycles. The predicted octanol–water partition coefficient (Wildman–Crippen LogP) is 2.62. The number of pyridine rings is 1. The smallest absolute Gasteiger partial charge is 0.119 e. The third kappa shape index (κ3) is 3.84. The largest absolute Gasteiger partial charge is 0.489 e. The van der Waals surface area contributed by atoms with Gasteiger partial charge in [-0.05, 0) is 54.8 Å². The molecule has 116 valence electrons. The Kier molecular flexibility index (Phi) is 5.03. The van der Waals surface area contributed by atoms with Crippen LogP contribution in [0.3, 0.4) is 0 Å². The van der Waals surface area contributed by atoms with E-state index >= 15 is 0 Å². The van der Waals surface area contributed by atoms with Crippen molar-refractivity contribution >= 4 is 0 Å². The highest BCUT2D eigenvalue weighted by Crippen LogP contribution is 2.21. The summed E-state index contributed by atoms with van der Waals surface area (Å²) in [4.78, 5) is 6.35. The van der Waals surface area contributed by atoms with Gasteiger partial charge in [0.1, 0.15) is 12.4 Å². The fourth-order valence-electron chi connectivity index (χ4n) is 2.88. The van der Waals surface area contributed by atoms with Gasteiger partial charge in [0.15, 0.2) is 0 Å². The van der Waals surface area contributed by atoms with Gasteiger partial charge in [0.05, 0.1) is 6.61 Å². The van der Waals surface area contributed by atoms with Gasteiger partial charge in [-0.1, -0.05) is 12.1 Å². The Morgan fingerprint density at radius 1 is 1.09 bits per heavy atom. The molecule has 1 aliphatic heterocycles. The van der Waals surface area contributed by atoms with Crippen molar-refractivity contribution in [1.29, 1.82) is 0 Å². The first-order valence-electron chi connectivity index (χ1n) is 7.81. The summed E-state index contributed by atoms with van der Waals surface area (Å²) in [6.45, 7) is 2.79. The van der Waals surface area contributed by atoms with Gasteiger partial charge in [0, 0.05) is 25.0 Å². The molecule has 1 unspecified atom stereocenters. The van der Waals surface area contributed by atoms with Crippen molar-refractivity contribution in [3.63, 3.8) is 0 Å². The van der Waals surface area contributed by atoms with Gasteiger partial charge in [-0.3, -0.25) is 9.88 Å². The summed E-state index contributed by atoms with van der Waals surface area (Å²) in [5.74, 6) is 0.876. The standard InChI is InChI=1S/C18H22N2O2/c21-13-17-2-1-11-20(17)12-15-3-5-18(6-4-15)22-14-16-7-9-19-10-8-16/h3-10,17,21H,1-2,11-14H2. The molecule has 0 aliphatic carbocycles. The molecule has 0 spiro atoms. The molecular weight excluding hydrogens is 276 g/mol. The average Bonchev–Trinajstić information content (AvgIpc) is 3.02. The van der Waals surface area contributed by atoms with Crippen molar-refractivity contribution in [2.24, 2.45) is 0 Å². The molecule has 1 aromatic carbocycles. The van der Waals surface area contributed by atoms with E-state index in [1.807, 2.05) is 24.3 Å². The summed E-state index contributed by atoms with van der Waals surface area (Å²) in [6, 6.07) is 12.5. The van der Waals surface area contributed by atoms with Crippen LogP contribution in [0.2, 0.25) is 0 Å². The molecule has 1 atom stereocenters. The van der Waals surface area contributed by atoms with Crippen LogP contribution in [0.25, 0.3) is 0 Å². The van der Waals surface area contributed by atoms with Gasteiger partial charge < -0.3 is 9.84 Å². The highest BCUT2D eigenvalue weighted by Gasteiger charge is 2.23. The summed E-state index contributed by atoms with van der Waals surface area (Å²) in [5, 5.41) is 9.37. The molecule has 3 rings (SSSR count). The summed E-state index contributed by atoms with van der Waals surface area (Å²) in [6.07, 6.45) is 5.83. The van der Waals surface area contributed by atoms with Gasteiger partial charge in [0.25, 0.3) is 0 Å². The molecule has 4 heteroatoms. The first-order chi connectivity index (χ1) is 10.8. The van der Waals surface area contributed by atoms with Gasteiger partial charge >= 0.3 is 0 Å². The molecule has 1 fully saturated rings. The van der Waals surface area contributed by atoms with Crippen LogP contribution in [-0.4, -0.2) is 34.2 Å². The number of aliphatic hydroxyl groups excluding tert-OH is 1. The number of hydrogen-bond donors (Lipinski definition) is 1. The minimum Gasteiger partial charge on any atom is -0.489 e. The number of likely N-dealkylation sites (tertiary alicyclic amines) is 1. The highest BCUT2D eigenvalue weighted by atomic mass is 16.5. The molecule has 0 radical (unpaired) electrons. The Hall–Kier alpha value is -1.91. The first-order valence-corrected chi connectivity index (χ1v) is 7.81. The zero-order valence-corrected chi connectivity index (χ0v) is 12.7. The second kappa shape index (κ2) is 7.38. The van der Waals surface area contributed by atoms with E-state index in [9.17, 15) is 5.11 Å². The van der Waals surface area contributed by atoms with Crippen molar-refractivity contribution < 1.29 is 9.84 Å². The third-order valence-corrected chi connectivity index (χ3v) is 4.17. The molecule has 0 saturated carbocycles. The monoisotopic (exact) mass is 298 g/mol. The molecular formula is C18H22N2O2. The zero-order valence-electron chi connectivity index (χ0n) is 12.7. The Balaban J connectivity index is 1.54. The van der Waals surface area contributed by atoms with Gasteiger partial charge in [-0.2, -0.15) is 0 Å². The Morgan fingerprint density at radius 3 is 2.59 bits per heavy atom. The first kappa shape index (κ1) is 15.0. The summed E-state index contributed by atoms with van der Waals surface area (Å²) in [5.41, 5.74) is 2.37. The lowest BCUT2D eigenvalue weighted by atomic mass is 10.2. The fourth-order valence-corrected chi connectivity index (χ4v) is 2.88. The van der Waals surface area contributed by atoms with Crippen LogP contribution in [0.15, 0.2) is 48.8 Å². The maximum absolute atomic E-state index is 9.37. The second-order valence-corrected chi connectivity index (χ2v) is 5.74. The minimum absolute atomic E-state index is 0.257. The summed E-state index contributed by atoms with van der Waals surface area (Å²) < 4.78 is 5.78. The third-order valence-electron chi connectivity index (χ3n) is 4.17. The Bertz CT molecular complexity index is 571. The molecule has 1 N–H and O–H groups in total. The van der Waals surface area contributed by atoms with Crippen molar-refractivity contribution in [3.8, 4) is 5.75 Å². The van der Waals surface area contributed by atoms with Crippen molar-refractivity contribution in [1.82, 2.24) is 9.88 Å². The van der Waals surface area contributed by atoms with Crippen LogP contribution in [0, 0.1) is 0 Å². The maximum Gasteiger partial charge on any atom is 0.119 e. The van der Waals surface area contributed by atoms with Crippen molar-refractivity contribution in [2.45, 2.75) is 32.0 Å². The van der Waals surface area contributed by atoms with Crippen LogP contribution in [0.5, 0.6) is 5.75 Å². The molecule has 1 aromatic heterocycles. The highest BCUT2D eigenvalue weighted by molar-refractivity contribution is 5.27. The number of hydrogen-bond acceptors (Lipinski definition) is 4. The minimum atomic E-state index is 0.257. The lowest BCUT2D eigenvalue weighted by Gasteiger charge is -2.22. The van der Waals surface area contributed by atoms with E-state index in [1.54, 1.807) is 12.4 Å². The lowest BCUT2D eigenvalue weighted by Crippen LogP contribution is -2.31. The predicted molar refractivity (Wildman–Crippen MR) is 85.5 cm³/mol. The van der Waals surface area contributed by atoms with E-state index < -0.39 is 0 Å². The number of rotatable bonds is 6. The van der Waals surface area contributed by atoms with Crippen molar-refractivity contribution in [3.05, 3.63) is 59.9 Å². The van der Waals surface area contributed by atoms with Crippen LogP contribution in [0.1, 0.15) is 24.0 Å². The van der Waals surface area contributed by atoms with E-state index in [0.29, 0.717) is 12.6 Å². The SMILES string of the molecule is OCC1CCCN1Cc1ccc(OCc2ccncc2)cc1. The van der Waals surface area contributed by atoms with Gasteiger partial charge in [-0.25, -0.2) is 0 Å². The van der Waals surface area contributed by atoms with E-state index in [4.69, 9.17) is 4.74 Å². The van der Waals surface area contributed by atoms with Gasteiger partial charge in [0.2, 0.25) is 0 Å². The van der Waals surface area contributed by atoms with E-state index in [1.165, 1.54) is 12.0 Å². The second-order valence-electron chi connectivity index (χ2n) is 5.74. The molecule has 4 nitrogen and oxygen atoms in total. The van der Waals surface area contributed by atoms with Crippen LogP contribution in [-0.2, 0) is 13.2 Å². The molecule has 2 aromatic rings. The normalized spacial score (nSPS) is 18.5. The van der Waals surface area contributed by atoms with E-state index in [0.717, 1.165) is 30.8 Å². The fraction of sp³-hybridized carbons (Fsp3) is 0.389. The van der Waals surface area contributed by atoms with E-state index in [2.05, 4.69) is 22.0 Å². The number of benzene rings is 1. The zero-order chi connectivity index (χ0) is 15.2. The molecule has 22 heavy (non-hydrogen) atoms. The van der Waals surface area contributed by atoms with Gasteiger partial charge in [-0.15, -0.1) is 0 Å². The molecule has 0 bridgehead atoms. The summed E-state index contributed by atoms with van der Waals surface area (Å²) >= 11 is 0.